The molecule has 1 fully saturated rings. The molecule has 1 aromatic carbocycles. The standard InChI is InChI=1S/C14H19NO3/c16-13(17)12-3-1-11(2-4-12)5-6-14(18)7-9-15-10-8-14/h1-4,15,18H,5-10H2,(H,16,17). The highest BCUT2D eigenvalue weighted by molar-refractivity contribution is 5.87. The smallest absolute Gasteiger partial charge is 0.335 e. The molecule has 1 saturated heterocycles. The summed E-state index contributed by atoms with van der Waals surface area (Å²) < 4.78 is 0. The molecule has 0 spiro atoms. The molecule has 0 saturated carbocycles. The van der Waals surface area contributed by atoms with Crippen molar-refractivity contribution in [3.63, 3.8) is 0 Å². The summed E-state index contributed by atoms with van der Waals surface area (Å²) in [4.78, 5) is 10.7. The van der Waals surface area contributed by atoms with Gasteiger partial charge in [-0.2, -0.15) is 0 Å². The van der Waals surface area contributed by atoms with E-state index in [1.807, 2.05) is 12.1 Å². The maximum atomic E-state index is 10.7. The molecule has 0 atom stereocenters. The largest absolute Gasteiger partial charge is 0.478 e. The van der Waals surface area contributed by atoms with E-state index in [4.69, 9.17) is 5.11 Å². The first-order valence-electron chi connectivity index (χ1n) is 6.34. The second-order valence-electron chi connectivity index (χ2n) is 4.98. The van der Waals surface area contributed by atoms with Crippen molar-refractivity contribution in [2.24, 2.45) is 0 Å². The summed E-state index contributed by atoms with van der Waals surface area (Å²) in [7, 11) is 0. The number of aryl methyl sites for hydroxylation is 1. The minimum atomic E-state index is -0.904. The Hall–Kier alpha value is -1.39. The lowest BCUT2D eigenvalue weighted by Gasteiger charge is -2.32. The van der Waals surface area contributed by atoms with Gasteiger partial charge in [-0.1, -0.05) is 12.1 Å². The van der Waals surface area contributed by atoms with Crippen LogP contribution in [0.3, 0.4) is 0 Å². The fourth-order valence-electron chi connectivity index (χ4n) is 2.33. The normalized spacial score (nSPS) is 18.5. The van der Waals surface area contributed by atoms with E-state index < -0.39 is 11.6 Å². The number of hydrogen-bond acceptors (Lipinski definition) is 3. The number of carboxylic acids is 1. The second-order valence-corrected chi connectivity index (χ2v) is 4.98. The van der Waals surface area contributed by atoms with Crippen molar-refractivity contribution in [1.82, 2.24) is 5.32 Å². The van der Waals surface area contributed by atoms with Gasteiger partial charge < -0.3 is 15.5 Å². The van der Waals surface area contributed by atoms with Crippen molar-refractivity contribution in [3.05, 3.63) is 35.4 Å². The number of aromatic carboxylic acids is 1. The van der Waals surface area contributed by atoms with Crippen molar-refractivity contribution < 1.29 is 15.0 Å². The molecule has 1 heterocycles. The molecule has 4 heteroatoms. The lowest BCUT2D eigenvalue weighted by atomic mass is 9.86. The lowest BCUT2D eigenvalue weighted by molar-refractivity contribution is 0.00280. The van der Waals surface area contributed by atoms with E-state index in [-0.39, 0.29) is 0 Å². The van der Waals surface area contributed by atoms with Crippen LogP contribution in [0.5, 0.6) is 0 Å². The number of piperidine rings is 1. The van der Waals surface area contributed by atoms with E-state index in [0.717, 1.165) is 44.3 Å². The molecule has 4 nitrogen and oxygen atoms in total. The van der Waals surface area contributed by atoms with Gasteiger partial charge in [0.1, 0.15) is 0 Å². The van der Waals surface area contributed by atoms with Gasteiger partial charge in [-0.3, -0.25) is 0 Å². The van der Waals surface area contributed by atoms with Crippen molar-refractivity contribution in [2.75, 3.05) is 13.1 Å². The van der Waals surface area contributed by atoms with E-state index in [1.54, 1.807) is 12.1 Å². The van der Waals surface area contributed by atoms with E-state index in [2.05, 4.69) is 5.32 Å². The average Bonchev–Trinajstić information content (AvgIpc) is 2.38. The summed E-state index contributed by atoms with van der Waals surface area (Å²) in [6.45, 7) is 1.74. The van der Waals surface area contributed by atoms with Gasteiger partial charge in [0.05, 0.1) is 11.2 Å². The Morgan fingerprint density at radius 2 is 1.83 bits per heavy atom. The molecule has 0 aliphatic carbocycles. The molecule has 0 amide bonds. The third kappa shape index (κ3) is 3.31. The molecule has 0 radical (unpaired) electrons. The van der Waals surface area contributed by atoms with Crippen molar-refractivity contribution in [3.8, 4) is 0 Å². The van der Waals surface area contributed by atoms with Crippen LogP contribution in [0.25, 0.3) is 0 Å². The van der Waals surface area contributed by atoms with Gasteiger partial charge in [0.2, 0.25) is 0 Å². The molecule has 3 N–H and O–H groups in total. The van der Waals surface area contributed by atoms with Gasteiger partial charge >= 0.3 is 5.97 Å². The van der Waals surface area contributed by atoms with Crippen LogP contribution < -0.4 is 5.32 Å². The molecule has 0 bridgehead atoms. The van der Waals surface area contributed by atoms with Crippen LogP contribution in [0.15, 0.2) is 24.3 Å². The van der Waals surface area contributed by atoms with Crippen LogP contribution in [-0.2, 0) is 6.42 Å². The van der Waals surface area contributed by atoms with Crippen LogP contribution in [0.1, 0.15) is 35.2 Å². The number of rotatable bonds is 4. The third-order valence-corrected chi connectivity index (χ3v) is 3.61. The highest BCUT2D eigenvalue weighted by Gasteiger charge is 2.28. The van der Waals surface area contributed by atoms with E-state index in [9.17, 15) is 9.90 Å². The van der Waals surface area contributed by atoms with Crippen molar-refractivity contribution >= 4 is 5.97 Å². The third-order valence-electron chi connectivity index (χ3n) is 3.61. The number of benzene rings is 1. The Morgan fingerprint density at radius 3 is 2.39 bits per heavy atom. The number of carbonyl (C=O) groups is 1. The predicted molar refractivity (Wildman–Crippen MR) is 68.8 cm³/mol. The van der Waals surface area contributed by atoms with E-state index >= 15 is 0 Å². The van der Waals surface area contributed by atoms with Gasteiger partial charge in [0.15, 0.2) is 0 Å². The lowest BCUT2D eigenvalue weighted by Crippen LogP contribution is -2.42. The summed E-state index contributed by atoms with van der Waals surface area (Å²) in [5, 5.41) is 22.4. The highest BCUT2D eigenvalue weighted by atomic mass is 16.4. The average molecular weight is 249 g/mol. The van der Waals surface area contributed by atoms with Crippen LogP contribution in [0, 0.1) is 0 Å². The van der Waals surface area contributed by atoms with E-state index in [1.165, 1.54) is 0 Å². The second kappa shape index (κ2) is 5.50. The zero-order chi connectivity index (χ0) is 13.0. The number of carboxylic acid groups (broad SMARTS) is 1. The fourth-order valence-corrected chi connectivity index (χ4v) is 2.33. The molecule has 98 valence electrons. The minimum absolute atomic E-state index is 0.305. The summed E-state index contributed by atoms with van der Waals surface area (Å²) in [6.07, 6.45) is 3.11. The predicted octanol–water partition coefficient (Wildman–Crippen LogP) is 1.43. The van der Waals surface area contributed by atoms with Gasteiger partial charge in [0.25, 0.3) is 0 Å². The molecular formula is C14H19NO3. The summed E-state index contributed by atoms with van der Waals surface area (Å²) >= 11 is 0. The van der Waals surface area contributed by atoms with Crippen LogP contribution >= 0.6 is 0 Å². The molecular weight excluding hydrogens is 230 g/mol. The van der Waals surface area contributed by atoms with Crippen molar-refractivity contribution in [1.29, 1.82) is 0 Å². The Bertz CT molecular complexity index is 408. The van der Waals surface area contributed by atoms with Gasteiger partial charge in [-0.05, 0) is 56.5 Å². The van der Waals surface area contributed by atoms with Crippen molar-refractivity contribution in [2.45, 2.75) is 31.3 Å². The Kier molecular flexibility index (Phi) is 3.99. The summed E-state index contributed by atoms with van der Waals surface area (Å²) in [5.41, 5.74) is 0.822. The van der Waals surface area contributed by atoms with E-state index in [0.29, 0.717) is 5.56 Å². The molecule has 1 aliphatic rings. The number of hydrogen-bond donors (Lipinski definition) is 3. The van der Waals surface area contributed by atoms with Crippen LogP contribution in [-0.4, -0.2) is 34.9 Å². The first kappa shape index (κ1) is 13.1. The molecule has 1 aliphatic heterocycles. The first-order chi connectivity index (χ1) is 8.59. The van der Waals surface area contributed by atoms with Gasteiger partial charge in [-0.15, -0.1) is 0 Å². The minimum Gasteiger partial charge on any atom is -0.478 e. The Labute approximate surface area is 107 Å². The quantitative estimate of drug-likeness (QED) is 0.755. The monoisotopic (exact) mass is 249 g/mol. The number of aliphatic hydroxyl groups is 1. The molecule has 2 rings (SSSR count). The molecule has 0 aromatic heterocycles. The Morgan fingerprint density at radius 1 is 1.22 bits per heavy atom. The topological polar surface area (TPSA) is 69.6 Å². The molecule has 18 heavy (non-hydrogen) atoms. The Balaban J connectivity index is 1.91. The first-order valence-corrected chi connectivity index (χ1v) is 6.34. The van der Waals surface area contributed by atoms with Crippen LogP contribution in [0.2, 0.25) is 0 Å². The fraction of sp³-hybridized carbons (Fsp3) is 0.500. The maximum Gasteiger partial charge on any atom is 0.335 e. The van der Waals surface area contributed by atoms with Gasteiger partial charge in [0, 0.05) is 0 Å². The highest BCUT2D eigenvalue weighted by Crippen LogP contribution is 2.24. The maximum absolute atomic E-state index is 10.7. The zero-order valence-corrected chi connectivity index (χ0v) is 10.4. The van der Waals surface area contributed by atoms with Crippen LogP contribution in [0.4, 0.5) is 0 Å². The summed E-state index contributed by atoms with van der Waals surface area (Å²) in [5.74, 6) is -0.904. The number of nitrogens with one attached hydrogen (secondary N) is 1. The SMILES string of the molecule is O=C(O)c1ccc(CCC2(O)CCNCC2)cc1. The molecule has 1 aromatic rings. The van der Waals surface area contributed by atoms with Gasteiger partial charge in [-0.25, -0.2) is 4.79 Å². The molecule has 0 unspecified atom stereocenters. The zero-order valence-electron chi connectivity index (χ0n) is 10.4. The summed E-state index contributed by atoms with van der Waals surface area (Å²) in [6, 6.07) is 6.88.